The lowest BCUT2D eigenvalue weighted by Gasteiger charge is -2.34. The van der Waals surface area contributed by atoms with Crippen LogP contribution in [0.15, 0.2) is 108 Å². The number of benzene rings is 4. The molecule has 2 amide bonds. The van der Waals surface area contributed by atoms with E-state index in [0.717, 1.165) is 46.7 Å². The molecule has 1 N–H and O–H groups in total. The van der Waals surface area contributed by atoms with Gasteiger partial charge >= 0.3 is 0 Å². The molecule has 0 saturated heterocycles. The van der Waals surface area contributed by atoms with Gasteiger partial charge in [0.25, 0.3) is 10.0 Å². The lowest BCUT2D eigenvalue weighted by Crippen LogP contribution is -2.54. The van der Waals surface area contributed by atoms with Crippen LogP contribution in [0.1, 0.15) is 54.9 Å². The first kappa shape index (κ1) is 33.9. The molecule has 0 aliphatic heterocycles. The summed E-state index contributed by atoms with van der Waals surface area (Å²) in [5, 5.41) is 3.14. The Kier molecular flexibility index (Phi) is 11.1. The maximum atomic E-state index is 15.2. The van der Waals surface area contributed by atoms with Crippen LogP contribution in [-0.2, 0) is 39.0 Å². The number of nitrogens with zero attached hydrogens (tertiary/aromatic N) is 2. The van der Waals surface area contributed by atoms with Crippen LogP contribution in [0.25, 0.3) is 0 Å². The van der Waals surface area contributed by atoms with E-state index in [4.69, 9.17) is 0 Å². The smallest absolute Gasteiger partial charge is 0.264 e. The summed E-state index contributed by atoms with van der Waals surface area (Å²) in [6.45, 7) is 3.00. The van der Waals surface area contributed by atoms with E-state index in [1.807, 2.05) is 56.3 Å². The second-order valence-electron chi connectivity index (χ2n) is 12.1. The Morgan fingerprint density at radius 1 is 0.851 bits per heavy atom. The van der Waals surface area contributed by atoms with Gasteiger partial charge in [-0.3, -0.25) is 13.9 Å². The molecule has 0 bridgehead atoms. The van der Waals surface area contributed by atoms with E-state index in [0.29, 0.717) is 12.1 Å². The third-order valence-electron chi connectivity index (χ3n) is 8.80. The van der Waals surface area contributed by atoms with Gasteiger partial charge in [0.2, 0.25) is 11.8 Å². The van der Waals surface area contributed by atoms with Crippen molar-refractivity contribution in [2.24, 2.45) is 0 Å². The number of amides is 2. The van der Waals surface area contributed by atoms with Crippen LogP contribution >= 0.6 is 0 Å². The maximum Gasteiger partial charge on any atom is 0.264 e. The van der Waals surface area contributed by atoms with Crippen molar-refractivity contribution < 1.29 is 22.4 Å². The minimum Gasteiger partial charge on any atom is -0.352 e. The molecule has 4 aromatic carbocycles. The summed E-state index contributed by atoms with van der Waals surface area (Å²) in [4.78, 5) is 30.2. The molecular formula is C38H42FN3O4S. The molecule has 1 fully saturated rings. The van der Waals surface area contributed by atoms with Gasteiger partial charge in [-0.25, -0.2) is 12.8 Å². The van der Waals surface area contributed by atoms with Crippen LogP contribution in [0.5, 0.6) is 0 Å². The average Bonchev–Trinajstić information content (AvgIpc) is 3.59. The van der Waals surface area contributed by atoms with E-state index in [2.05, 4.69) is 5.32 Å². The minimum absolute atomic E-state index is 0.0129. The van der Waals surface area contributed by atoms with Gasteiger partial charge < -0.3 is 10.2 Å². The normalized spacial score (nSPS) is 14.0. The molecule has 5 rings (SSSR count). The van der Waals surface area contributed by atoms with Crippen molar-refractivity contribution in [2.45, 2.75) is 75.9 Å². The topological polar surface area (TPSA) is 86.8 Å². The number of halogens is 1. The van der Waals surface area contributed by atoms with E-state index in [1.54, 1.807) is 42.5 Å². The summed E-state index contributed by atoms with van der Waals surface area (Å²) in [5.74, 6) is -1.47. The number of aryl methyl sites for hydroxylation is 2. The second kappa shape index (κ2) is 15.4. The zero-order valence-corrected chi connectivity index (χ0v) is 27.8. The Labute approximate surface area is 277 Å². The number of hydrogen-bond donors (Lipinski definition) is 1. The minimum atomic E-state index is -4.23. The van der Waals surface area contributed by atoms with Gasteiger partial charge in [-0.05, 0) is 61.6 Å². The Morgan fingerprint density at radius 2 is 1.47 bits per heavy atom. The molecule has 0 radical (unpaired) electrons. The van der Waals surface area contributed by atoms with Crippen LogP contribution in [0.2, 0.25) is 0 Å². The van der Waals surface area contributed by atoms with E-state index in [1.165, 1.54) is 23.1 Å². The number of para-hydroxylation sites is 1. The highest BCUT2D eigenvalue weighted by atomic mass is 32.2. The van der Waals surface area contributed by atoms with Crippen molar-refractivity contribution in [3.05, 3.63) is 131 Å². The molecule has 246 valence electrons. The third kappa shape index (κ3) is 8.27. The number of nitrogens with one attached hydrogen (secondary N) is 1. The number of carbonyl (C=O) groups is 2. The molecule has 1 saturated carbocycles. The van der Waals surface area contributed by atoms with Crippen LogP contribution in [-0.4, -0.2) is 43.8 Å². The van der Waals surface area contributed by atoms with Crippen molar-refractivity contribution in [1.82, 2.24) is 10.2 Å². The van der Waals surface area contributed by atoms with Crippen LogP contribution < -0.4 is 9.62 Å². The number of rotatable bonds is 13. The van der Waals surface area contributed by atoms with Crippen molar-refractivity contribution in [2.75, 3.05) is 10.8 Å². The summed E-state index contributed by atoms with van der Waals surface area (Å²) in [6, 6.07) is 28.0. The summed E-state index contributed by atoms with van der Waals surface area (Å²) >= 11 is 0. The Balaban J connectivity index is 1.59. The quantitative estimate of drug-likeness (QED) is 0.176. The van der Waals surface area contributed by atoms with Gasteiger partial charge in [0.15, 0.2) is 0 Å². The first-order chi connectivity index (χ1) is 22.7. The lowest BCUT2D eigenvalue weighted by atomic mass is 10.0. The van der Waals surface area contributed by atoms with Crippen molar-refractivity contribution in [3.63, 3.8) is 0 Å². The van der Waals surface area contributed by atoms with E-state index >= 15 is 4.39 Å². The number of anilines is 1. The summed E-state index contributed by atoms with van der Waals surface area (Å²) in [5.41, 5.74) is 3.08. The Morgan fingerprint density at radius 3 is 2.13 bits per heavy atom. The van der Waals surface area contributed by atoms with E-state index in [9.17, 15) is 18.0 Å². The zero-order valence-electron chi connectivity index (χ0n) is 26.9. The third-order valence-corrected chi connectivity index (χ3v) is 10.6. The molecule has 9 heteroatoms. The van der Waals surface area contributed by atoms with Crippen molar-refractivity contribution in [1.29, 1.82) is 0 Å². The van der Waals surface area contributed by atoms with Crippen LogP contribution in [0, 0.1) is 12.7 Å². The fraction of sp³-hybridized carbons (Fsp3) is 0.316. The van der Waals surface area contributed by atoms with Gasteiger partial charge in [0, 0.05) is 24.6 Å². The van der Waals surface area contributed by atoms with E-state index in [-0.39, 0.29) is 35.4 Å². The first-order valence-electron chi connectivity index (χ1n) is 16.2. The maximum absolute atomic E-state index is 15.2. The van der Waals surface area contributed by atoms with Crippen molar-refractivity contribution >= 4 is 27.5 Å². The van der Waals surface area contributed by atoms with Crippen LogP contribution in [0.4, 0.5) is 10.1 Å². The fourth-order valence-corrected chi connectivity index (χ4v) is 7.59. The molecule has 47 heavy (non-hydrogen) atoms. The van der Waals surface area contributed by atoms with Gasteiger partial charge in [-0.15, -0.1) is 0 Å². The molecule has 1 unspecified atom stereocenters. The van der Waals surface area contributed by atoms with Gasteiger partial charge in [-0.2, -0.15) is 0 Å². The number of sulfonamides is 1. The summed E-state index contributed by atoms with van der Waals surface area (Å²) in [7, 11) is -4.23. The number of hydrogen-bond acceptors (Lipinski definition) is 4. The summed E-state index contributed by atoms with van der Waals surface area (Å²) in [6.07, 6.45) is 4.42. The van der Waals surface area contributed by atoms with Gasteiger partial charge in [-0.1, -0.05) is 104 Å². The van der Waals surface area contributed by atoms with Gasteiger partial charge in [0.1, 0.15) is 18.4 Å². The Hall–Kier alpha value is -4.50. The molecule has 1 atom stereocenters. The molecule has 0 aromatic heterocycles. The Bertz CT molecular complexity index is 1770. The van der Waals surface area contributed by atoms with E-state index < -0.39 is 34.3 Å². The molecule has 0 heterocycles. The molecule has 1 aliphatic carbocycles. The first-order valence-corrected chi connectivity index (χ1v) is 17.7. The highest BCUT2D eigenvalue weighted by Crippen LogP contribution is 2.29. The molecule has 0 spiro atoms. The monoisotopic (exact) mass is 655 g/mol. The zero-order chi connectivity index (χ0) is 33.4. The number of carbonyl (C=O) groups excluding carboxylic acids is 2. The summed E-state index contributed by atoms with van der Waals surface area (Å²) < 4.78 is 44.9. The highest BCUT2D eigenvalue weighted by molar-refractivity contribution is 7.92. The predicted octanol–water partition coefficient (Wildman–Crippen LogP) is 6.59. The SMILES string of the molecule is CCc1ccccc1N(CC(=O)N(Cc1ccccc1F)C(Cc1ccccc1)C(=O)NC1CCCC1)S(=O)(=O)c1ccc(C)cc1. The predicted molar refractivity (Wildman–Crippen MR) is 183 cm³/mol. The lowest BCUT2D eigenvalue weighted by molar-refractivity contribution is -0.140. The largest absolute Gasteiger partial charge is 0.352 e. The van der Waals surface area contributed by atoms with Crippen molar-refractivity contribution in [3.8, 4) is 0 Å². The average molecular weight is 656 g/mol. The second-order valence-corrected chi connectivity index (χ2v) is 14.0. The molecular weight excluding hydrogens is 614 g/mol. The molecule has 4 aromatic rings. The fourth-order valence-electron chi connectivity index (χ4n) is 6.14. The van der Waals surface area contributed by atoms with Gasteiger partial charge in [0.05, 0.1) is 10.6 Å². The standard InChI is InChI=1S/C38H42FN3O4S/c1-3-30-15-8-12-20-35(30)42(47(45,46)33-23-21-28(2)22-24-33)27-37(43)41(26-31-16-7-11-19-34(31)39)36(25-29-13-5-4-6-14-29)38(44)40-32-17-9-10-18-32/h4-8,11-16,19-24,32,36H,3,9-10,17-18,25-27H2,1-2H3,(H,40,44). The van der Waals surface area contributed by atoms with Crippen LogP contribution in [0.3, 0.4) is 0 Å². The highest BCUT2D eigenvalue weighted by Gasteiger charge is 2.36. The molecule has 1 aliphatic rings. The molecule has 7 nitrogen and oxygen atoms in total.